The van der Waals surface area contributed by atoms with Gasteiger partial charge in [-0.1, -0.05) is 20.8 Å². The van der Waals surface area contributed by atoms with Gasteiger partial charge in [0.15, 0.2) is 0 Å². The molecule has 1 atom stereocenters. The van der Waals surface area contributed by atoms with E-state index in [2.05, 4.69) is 36.2 Å². The van der Waals surface area contributed by atoms with Gasteiger partial charge in [0.05, 0.1) is 5.60 Å². The average Bonchev–Trinajstić information content (AvgIpc) is 2.87. The minimum Gasteiger partial charge on any atom is -0.377 e. The van der Waals surface area contributed by atoms with Crippen LogP contribution in [0.5, 0.6) is 0 Å². The van der Waals surface area contributed by atoms with E-state index in [4.69, 9.17) is 4.74 Å². The van der Waals surface area contributed by atoms with Crippen LogP contribution in [0.1, 0.15) is 45.9 Å². The number of nitrogens with zero attached hydrogens (tertiary/aromatic N) is 3. The van der Waals surface area contributed by atoms with Crippen molar-refractivity contribution < 1.29 is 4.74 Å². The highest BCUT2D eigenvalue weighted by molar-refractivity contribution is 4.99. The second-order valence-electron chi connectivity index (χ2n) is 4.92. The molecule has 5 nitrogen and oxygen atoms in total. The fourth-order valence-corrected chi connectivity index (χ4v) is 2.75. The molecule has 1 heterocycles. The van der Waals surface area contributed by atoms with Gasteiger partial charge in [-0.2, -0.15) is 5.10 Å². The van der Waals surface area contributed by atoms with Gasteiger partial charge in [-0.05, 0) is 26.3 Å². The van der Waals surface area contributed by atoms with Crippen molar-refractivity contribution in [3.8, 4) is 0 Å². The number of nitrogens with one attached hydrogen (secondary N) is 1. The number of methoxy groups -OCH3 is 1. The van der Waals surface area contributed by atoms with Crippen LogP contribution < -0.4 is 5.32 Å². The Hall–Kier alpha value is -0.940. The minimum absolute atomic E-state index is 0.141. The highest BCUT2D eigenvalue weighted by Gasteiger charge is 2.35. The summed E-state index contributed by atoms with van der Waals surface area (Å²) in [6, 6.07) is 0.243. The fourth-order valence-electron chi connectivity index (χ4n) is 2.75. The SMILES string of the molecule is CCCn1ncnc1CC(NC)C(CC)(CC)OC. The Balaban J connectivity index is 2.89. The first kappa shape index (κ1) is 16.1. The lowest BCUT2D eigenvalue weighted by Gasteiger charge is -2.38. The van der Waals surface area contributed by atoms with Crippen LogP contribution in [0.2, 0.25) is 0 Å². The molecule has 1 aromatic heterocycles. The third kappa shape index (κ3) is 3.54. The van der Waals surface area contributed by atoms with Crippen molar-refractivity contribution in [3.05, 3.63) is 12.2 Å². The van der Waals surface area contributed by atoms with Crippen LogP contribution in [0.4, 0.5) is 0 Å². The topological polar surface area (TPSA) is 52.0 Å². The molecular weight excluding hydrogens is 240 g/mol. The molecule has 1 unspecified atom stereocenters. The molecule has 0 aromatic carbocycles. The van der Waals surface area contributed by atoms with E-state index < -0.39 is 0 Å². The van der Waals surface area contributed by atoms with Crippen molar-refractivity contribution in [2.24, 2.45) is 0 Å². The number of ether oxygens (including phenoxy) is 1. The quantitative estimate of drug-likeness (QED) is 0.744. The highest BCUT2D eigenvalue weighted by atomic mass is 16.5. The molecule has 0 spiro atoms. The normalized spacial score (nSPS) is 13.7. The zero-order chi connectivity index (χ0) is 14.3. The number of hydrogen-bond donors (Lipinski definition) is 1. The van der Waals surface area contributed by atoms with E-state index in [1.54, 1.807) is 13.4 Å². The maximum absolute atomic E-state index is 5.82. The third-order valence-corrected chi connectivity index (χ3v) is 4.10. The Morgan fingerprint density at radius 2 is 2.05 bits per heavy atom. The molecule has 0 radical (unpaired) electrons. The third-order valence-electron chi connectivity index (χ3n) is 4.10. The average molecular weight is 268 g/mol. The molecule has 0 aliphatic rings. The molecule has 110 valence electrons. The van der Waals surface area contributed by atoms with Gasteiger partial charge >= 0.3 is 0 Å². The maximum atomic E-state index is 5.82. The Morgan fingerprint density at radius 1 is 1.37 bits per heavy atom. The summed E-state index contributed by atoms with van der Waals surface area (Å²) in [5.41, 5.74) is -0.141. The molecule has 0 amide bonds. The Morgan fingerprint density at radius 3 is 2.53 bits per heavy atom. The summed E-state index contributed by atoms with van der Waals surface area (Å²) >= 11 is 0. The summed E-state index contributed by atoms with van der Waals surface area (Å²) in [5, 5.41) is 7.69. The smallest absolute Gasteiger partial charge is 0.138 e. The summed E-state index contributed by atoms with van der Waals surface area (Å²) < 4.78 is 7.81. The zero-order valence-electron chi connectivity index (χ0n) is 12.9. The molecule has 0 aliphatic carbocycles. The molecule has 1 rings (SSSR count). The lowest BCUT2D eigenvalue weighted by Crippen LogP contribution is -2.51. The van der Waals surface area contributed by atoms with Crippen molar-refractivity contribution in [1.82, 2.24) is 20.1 Å². The molecule has 0 saturated heterocycles. The van der Waals surface area contributed by atoms with Crippen LogP contribution in [-0.2, 0) is 17.7 Å². The van der Waals surface area contributed by atoms with Crippen LogP contribution in [0, 0.1) is 0 Å². The van der Waals surface area contributed by atoms with Gasteiger partial charge in [-0.15, -0.1) is 0 Å². The number of rotatable bonds is 9. The molecule has 0 saturated carbocycles. The van der Waals surface area contributed by atoms with E-state index in [-0.39, 0.29) is 11.6 Å². The predicted octanol–water partition coefficient (Wildman–Crippen LogP) is 2.02. The van der Waals surface area contributed by atoms with Crippen molar-refractivity contribution in [1.29, 1.82) is 0 Å². The van der Waals surface area contributed by atoms with Crippen molar-refractivity contribution in [3.63, 3.8) is 0 Å². The van der Waals surface area contributed by atoms with Gasteiger partial charge in [0, 0.05) is 26.1 Å². The molecule has 1 aromatic rings. The second-order valence-corrected chi connectivity index (χ2v) is 4.92. The lowest BCUT2D eigenvalue weighted by atomic mass is 9.86. The summed E-state index contributed by atoms with van der Waals surface area (Å²) in [7, 11) is 3.79. The number of hydrogen-bond acceptors (Lipinski definition) is 4. The molecule has 0 fully saturated rings. The summed E-state index contributed by atoms with van der Waals surface area (Å²) in [6.07, 6.45) is 5.51. The number of aryl methyl sites for hydroxylation is 1. The first-order valence-electron chi connectivity index (χ1n) is 7.26. The molecule has 5 heteroatoms. The monoisotopic (exact) mass is 268 g/mol. The summed E-state index contributed by atoms with van der Waals surface area (Å²) in [4.78, 5) is 4.40. The lowest BCUT2D eigenvalue weighted by molar-refractivity contribution is -0.0460. The van der Waals surface area contributed by atoms with Crippen molar-refractivity contribution in [2.75, 3.05) is 14.2 Å². The first-order chi connectivity index (χ1) is 9.17. The van der Waals surface area contributed by atoms with Gasteiger partial charge in [0.2, 0.25) is 0 Å². The molecule has 0 bridgehead atoms. The van der Waals surface area contributed by atoms with E-state index in [0.717, 1.165) is 38.1 Å². The Bertz CT molecular complexity index is 352. The second kappa shape index (κ2) is 7.60. The first-order valence-corrected chi connectivity index (χ1v) is 7.26. The van der Waals surface area contributed by atoms with E-state index >= 15 is 0 Å². The Labute approximate surface area is 116 Å². The predicted molar refractivity (Wildman–Crippen MR) is 77.2 cm³/mol. The summed E-state index contributed by atoms with van der Waals surface area (Å²) in [5.74, 6) is 1.03. The molecular formula is C14H28N4O. The largest absolute Gasteiger partial charge is 0.377 e. The van der Waals surface area contributed by atoms with Crippen LogP contribution in [-0.4, -0.2) is 40.6 Å². The van der Waals surface area contributed by atoms with Gasteiger partial charge in [0.25, 0.3) is 0 Å². The molecule has 0 aliphatic heterocycles. The van der Waals surface area contributed by atoms with E-state index in [9.17, 15) is 0 Å². The van der Waals surface area contributed by atoms with Gasteiger partial charge in [0.1, 0.15) is 12.2 Å². The minimum atomic E-state index is -0.141. The van der Waals surface area contributed by atoms with Gasteiger partial charge in [-0.3, -0.25) is 4.68 Å². The van der Waals surface area contributed by atoms with E-state index in [0.29, 0.717) is 0 Å². The Kier molecular flexibility index (Phi) is 6.45. The van der Waals surface area contributed by atoms with Crippen molar-refractivity contribution >= 4 is 0 Å². The van der Waals surface area contributed by atoms with Crippen molar-refractivity contribution in [2.45, 2.75) is 64.6 Å². The molecule has 19 heavy (non-hydrogen) atoms. The molecule has 1 N–H and O–H groups in total. The maximum Gasteiger partial charge on any atom is 0.138 e. The van der Waals surface area contributed by atoms with Crippen LogP contribution in [0.25, 0.3) is 0 Å². The van der Waals surface area contributed by atoms with Gasteiger partial charge in [-0.25, -0.2) is 4.98 Å². The van der Waals surface area contributed by atoms with Crippen LogP contribution in [0.3, 0.4) is 0 Å². The summed E-state index contributed by atoms with van der Waals surface area (Å²) in [6.45, 7) is 7.42. The zero-order valence-corrected chi connectivity index (χ0v) is 12.9. The number of aromatic nitrogens is 3. The standard InChI is InChI=1S/C14H28N4O/c1-6-9-18-13(16-11-17-18)10-12(15-4)14(7-2,8-3)19-5/h11-12,15H,6-10H2,1-5H3. The van der Waals surface area contributed by atoms with Crippen LogP contribution in [0.15, 0.2) is 6.33 Å². The highest BCUT2D eigenvalue weighted by Crippen LogP contribution is 2.26. The van der Waals surface area contributed by atoms with E-state index in [1.165, 1.54) is 0 Å². The van der Waals surface area contributed by atoms with Gasteiger partial charge < -0.3 is 10.1 Å². The fraction of sp³-hybridized carbons (Fsp3) is 0.857. The number of likely N-dealkylation sites (N-methyl/N-ethyl adjacent to an activating group) is 1. The van der Waals surface area contributed by atoms with E-state index in [1.807, 2.05) is 11.7 Å². The van der Waals surface area contributed by atoms with Crippen LogP contribution >= 0.6 is 0 Å².